The number of benzene rings is 1. The monoisotopic (exact) mass is 349 g/mol. The number of ether oxygens (including phenoxy) is 1. The van der Waals surface area contributed by atoms with Crippen LogP contribution in [-0.2, 0) is 10.2 Å². The van der Waals surface area contributed by atoms with Gasteiger partial charge in [-0.05, 0) is 54.1 Å². The zero-order valence-corrected chi connectivity index (χ0v) is 15.3. The summed E-state index contributed by atoms with van der Waals surface area (Å²) in [6, 6.07) is 9.71. The van der Waals surface area contributed by atoms with Crippen molar-refractivity contribution >= 4 is 17.7 Å². The van der Waals surface area contributed by atoms with Gasteiger partial charge in [-0.3, -0.25) is 0 Å². The number of pyridine rings is 1. The number of aromatic nitrogens is 1. The number of carbonyl (C=O) groups excluding carboxylic acids is 1. The second kappa shape index (κ2) is 7.16. The minimum atomic E-state index is -0.364. The Morgan fingerprint density at radius 3 is 2.80 bits per heavy atom. The van der Waals surface area contributed by atoms with Gasteiger partial charge in [-0.15, -0.1) is 0 Å². The average molecular weight is 349 g/mol. The molecule has 0 unspecified atom stereocenters. The van der Waals surface area contributed by atoms with Crippen LogP contribution in [0.1, 0.15) is 48.0 Å². The summed E-state index contributed by atoms with van der Waals surface area (Å²) in [5.41, 5.74) is 3.32. The number of hydrogen-bond acceptors (Lipinski definition) is 4. The molecule has 1 aromatic carbocycles. The van der Waals surface area contributed by atoms with Crippen molar-refractivity contribution in [3.05, 3.63) is 70.4 Å². The molecule has 4 heteroatoms. The quantitative estimate of drug-likeness (QED) is 0.589. The van der Waals surface area contributed by atoms with Crippen LogP contribution < -0.4 is 0 Å². The van der Waals surface area contributed by atoms with Gasteiger partial charge in [0.1, 0.15) is 5.69 Å². The predicted molar refractivity (Wildman–Crippen MR) is 101 cm³/mol. The van der Waals surface area contributed by atoms with Crippen LogP contribution in [0.3, 0.4) is 0 Å². The van der Waals surface area contributed by atoms with Crippen molar-refractivity contribution < 1.29 is 9.53 Å². The third kappa shape index (κ3) is 3.94. The van der Waals surface area contributed by atoms with Gasteiger partial charge in [0, 0.05) is 22.1 Å². The van der Waals surface area contributed by atoms with Crippen molar-refractivity contribution in [1.29, 1.82) is 0 Å². The minimum absolute atomic E-state index is 0.0117. The van der Waals surface area contributed by atoms with Gasteiger partial charge in [-0.2, -0.15) is 0 Å². The number of fused-ring (bicyclic) bond motifs is 1. The zero-order valence-electron chi connectivity index (χ0n) is 14.5. The van der Waals surface area contributed by atoms with Crippen LogP contribution in [0.25, 0.3) is 0 Å². The topological polar surface area (TPSA) is 39.2 Å². The molecule has 25 heavy (non-hydrogen) atoms. The van der Waals surface area contributed by atoms with E-state index in [-0.39, 0.29) is 11.4 Å². The lowest BCUT2D eigenvalue weighted by molar-refractivity contribution is 0.0526. The van der Waals surface area contributed by atoms with Gasteiger partial charge in [0.25, 0.3) is 0 Å². The molecule has 1 aliphatic heterocycles. The van der Waals surface area contributed by atoms with Gasteiger partial charge in [-0.1, -0.05) is 37.6 Å². The molecule has 0 aliphatic carbocycles. The van der Waals surface area contributed by atoms with E-state index in [1.807, 2.05) is 6.07 Å². The minimum Gasteiger partial charge on any atom is -0.462 e. The van der Waals surface area contributed by atoms with Crippen molar-refractivity contribution in [2.45, 2.75) is 31.1 Å². The van der Waals surface area contributed by atoms with Gasteiger partial charge < -0.3 is 4.74 Å². The molecule has 0 saturated carbocycles. The molecule has 0 fully saturated rings. The molecule has 0 radical (unpaired) electrons. The van der Waals surface area contributed by atoms with Crippen LogP contribution in [0.15, 0.2) is 52.9 Å². The molecule has 2 aromatic rings. The number of esters is 1. The molecule has 3 rings (SSSR count). The van der Waals surface area contributed by atoms with Crippen molar-refractivity contribution in [1.82, 2.24) is 4.98 Å². The Kier molecular flexibility index (Phi) is 4.96. The van der Waals surface area contributed by atoms with Crippen LogP contribution in [0.4, 0.5) is 0 Å². The summed E-state index contributed by atoms with van der Waals surface area (Å²) in [5.74, 6) is 5.85. The smallest absolute Gasteiger partial charge is 0.339 e. The maximum Gasteiger partial charge on any atom is 0.339 e. The Balaban J connectivity index is 1.82. The summed E-state index contributed by atoms with van der Waals surface area (Å²) >= 11 is 1.74. The predicted octanol–water partition coefficient (Wildman–Crippen LogP) is 4.56. The van der Waals surface area contributed by atoms with E-state index in [0.717, 1.165) is 5.56 Å². The number of nitrogens with zero attached hydrogens (tertiary/aromatic N) is 1. The molecule has 0 amide bonds. The highest BCUT2D eigenvalue weighted by Gasteiger charge is 2.23. The first-order valence-electron chi connectivity index (χ1n) is 8.14. The van der Waals surface area contributed by atoms with E-state index in [1.165, 1.54) is 16.7 Å². The fourth-order valence-corrected chi connectivity index (χ4v) is 3.67. The first-order chi connectivity index (χ1) is 12.0. The van der Waals surface area contributed by atoms with Crippen LogP contribution in [0, 0.1) is 11.8 Å². The second-order valence-corrected chi connectivity index (χ2v) is 7.20. The third-order valence-electron chi connectivity index (χ3n) is 3.96. The summed E-state index contributed by atoms with van der Waals surface area (Å²) in [5, 5.41) is 2.14. The molecule has 0 bridgehead atoms. The van der Waals surface area contributed by atoms with Crippen LogP contribution in [0.2, 0.25) is 0 Å². The van der Waals surface area contributed by atoms with E-state index in [9.17, 15) is 4.79 Å². The lowest BCUT2D eigenvalue weighted by Gasteiger charge is -2.27. The average Bonchev–Trinajstić information content (AvgIpc) is 2.61. The molecule has 1 aromatic heterocycles. The van der Waals surface area contributed by atoms with Crippen LogP contribution in [-0.4, -0.2) is 17.6 Å². The van der Waals surface area contributed by atoms with Crippen molar-refractivity contribution in [3.8, 4) is 11.8 Å². The molecule has 0 N–H and O–H groups in total. The Labute approximate surface area is 152 Å². The van der Waals surface area contributed by atoms with Crippen LogP contribution in [0.5, 0.6) is 0 Å². The number of carbonyl (C=O) groups is 1. The maximum atomic E-state index is 11.6. The molecule has 3 nitrogen and oxygen atoms in total. The Morgan fingerprint density at radius 2 is 2.08 bits per heavy atom. The highest BCUT2D eigenvalue weighted by atomic mass is 32.2. The molecule has 2 heterocycles. The molecule has 0 saturated heterocycles. The van der Waals surface area contributed by atoms with E-state index in [4.69, 9.17) is 4.74 Å². The Hall–Kier alpha value is -2.51. The largest absolute Gasteiger partial charge is 0.462 e. The van der Waals surface area contributed by atoms with E-state index >= 15 is 0 Å². The molecular formula is C21H19NO2S. The summed E-state index contributed by atoms with van der Waals surface area (Å²) in [6.07, 6.45) is 3.71. The SMILES string of the molecule is CCOC(=O)c1ccc(C#Cc2ccc3c(c2)C(C)(C)C=CS3)nc1. The molecule has 1 aliphatic rings. The molecule has 126 valence electrons. The second-order valence-electron chi connectivity index (χ2n) is 6.26. The Morgan fingerprint density at radius 1 is 1.24 bits per heavy atom. The van der Waals surface area contributed by atoms with E-state index in [0.29, 0.717) is 17.9 Å². The van der Waals surface area contributed by atoms with Crippen molar-refractivity contribution in [3.63, 3.8) is 0 Å². The fourth-order valence-electron chi connectivity index (χ4n) is 2.52. The maximum absolute atomic E-state index is 11.6. The highest BCUT2D eigenvalue weighted by molar-refractivity contribution is 8.02. The number of thioether (sulfide) groups is 1. The van der Waals surface area contributed by atoms with Crippen molar-refractivity contribution in [2.24, 2.45) is 0 Å². The lowest BCUT2D eigenvalue weighted by Crippen LogP contribution is -2.16. The van der Waals surface area contributed by atoms with Crippen LogP contribution >= 0.6 is 11.8 Å². The number of hydrogen-bond donors (Lipinski definition) is 0. The van der Waals surface area contributed by atoms with E-state index < -0.39 is 0 Å². The third-order valence-corrected chi connectivity index (χ3v) is 4.85. The zero-order chi connectivity index (χ0) is 17.9. The number of rotatable bonds is 2. The van der Waals surface area contributed by atoms with Gasteiger partial charge >= 0.3 is 5.97 Å². The summed E-state index contributed by atoms with van der Waals surface area (Å²) < 4.78 is 4.95. The van der Waals surface area contributed by atoms with Crippen molar-refractivity contribution in [2.75, 3.05) is 6.61 Å². The lowest BCUT2D eigenvalue weighted by atomic mass is 9.84. The summed E-state index contributed by atoms with van der Waals surface area (Å²) in [4.78, 5) is 17.1. The standard InChI is InChI=1S/C21H19NO2S/c1-4-24-20(23)16-7-9-17(22-14-16)8-5-15-6-10-19-18(13-15)21(2,3)11-12-25-19/h6-7,9-14H,4H2,1-3H3. The van der Waals surface area contributed by atoms with E-state index in [2.05, 4.69) is 54.3 Å². The van der Waals surface area contributed by atoms with E-state index in [1.54, 1.807) is 30.8 Å². The number of allylic oxidation sites excluding steroid dienone is 1. The first kappa shape index (κ1) is 17.3. The van der Waals surface area contributed by atoms with Gasteiger partial charge in [-0.25, -0.2) is 9.78 Å². The summed E-state index contributed by atoms with van der Waals surface area (Å²) in [6.45, 7) is 6.53. The normalized spacial score (nSPS) is 14.2. The Bertz CT molecular complexity index is 886. The van der Waals surface area contributed by atoms with Gasteiger partial charge in [0.2, 0.25) is 0 Å². The fraction of sp³-hybridized carbons (Fsp3) is 0.238. The highest BCUT2D eigenvalue weighted by Crippen LogP contribution is 2.39. The molecule has 0 spiro atoms. The summed E-state index contributed by atoms with van der Waals surface area (Å²) in [7, 11) is 0. The molecular weight excluding hydrogens is 330 g/mol. The first-order valence-corrected chi connectivity index (χ1v) is 9.01. The van der Waals surface area contributed by atoms with Gasteiger partial charge in [0.05, 0.1) is 12.2 Å². The molecule has 0 atom stereocenters. The van der Waals surface area contributed by atoms with Gasteiger partial charge in [0.15, 0.2) is 0 Å².